The molecule has 2 N–H and O–H groups in total. The minimum absolute atomic E-state index is 0.214. The van der Waals surface area contributed by atoms with Crippen LogP contribution in [0.5, 0.6) is 0 Å². The molecule has 4 nitrogen and oxygen atoms in total. The van der Waals surface area contributed by atoms with Crippen LogP contribution in [0.4, 0.5) is 5.95 Å². The smallest absolute Gasteiger partial charge is 0.220 e. The van der Waals surface area contributed by atoms with Crippen LogP contribution in [-0.4, -0.2) is 16.3 Å². The van der Waals surface area contributed by atoms with Gasteiger partial charge in [0.1, 0.15) is 0 Å². The van der Waals surface area contributed by atoms with Crippen LogP contribution in [0.2, 0.25) is 0 Å². The molecular formula is C11H21N3O. The van der Waals surface area contributed by atoms with Crippen molar-refractivity contribution in [2.24, 2.45) is 0 Å². The fraction of sp³-hybridized carbons (Fsp3) is 0.545. The third-order valence-electron chi connectivity index (χ3n) is 1.46. The summed E-state index contributed by atoms with van der Waals surface area (Å²) in [6, 6.07) is 0. The summed E-state index contributed by atoms with van der Waals surface area (Å²) in [7, 11) is 0. The van der Waals surface area contributed by atoms with Crippen LogP contribution in [0.25, 0.3) is 0 Å². The normalized spacial score (nSPS) is 7.87. The van der Waals surface area contributed by atoms with Crippen LogP contribution in [-0.2, 0) is 0 Å². The van der Waals surface area contributed by atoms with Crippen molar-refractivity contribution in [1.82, 2.24) is 9.97 Å². The molecular weight excluding hydrogens is 190 g/mol. The molecule has 86 valence electrons. The van der Waals surface area contributed by atoms with Crippen LogP contribution in [0.1, 0.15) is 49.4 Å². The first kappa shape index (κ1) is 16.0. The van der Waals surface area contributed by atoms with Gasteiger partial charge in [-0.2, -0.15) is 0 Å². The molecule has 4 heteroatoms. The maximum atomic E-state index is 10.4. The number of rotatable bonds is 1. The Morgan fingerprint density at radius 2 is 1.33 bits per heavy atom. The van der Waals surface area contributed by atoms with E-state index < -0.39 is 0 Å². The van der Waals surface area contributed by atoms with Gasteiger partial charge in [0.25, 0.3) is 0 Å². The number of carbonyl (C=O) groups is 1. The summed E-state index contributed by atoms with van der Waals surface area (Å²) in [5.41, 5.74) is 7.13. The second-order valence-electron chi connectivity index (χ2n) is 2.28. The van der Waals surface area contributed by atoms with E-state index in [9.17, 15) is 4.79 Å². The third kappa shape index (κ3) is 5.10. The number of nitrogens with zero attached hydrogens (tertiary/aromatic N) is 2. The average molecular weight is 211 g/mol. The summed E-state index contributed by atoms with van der Waals surface area (Å²) in [6.07, 6.45) is 0.740. The monoisotopic (exact) mass is 211 g/mol. The highest BCUT2D eigenvalue weighted by molar-refractivity contribution is 5.77. The average Bonchev–Trinajstić information content (AvgIpc) is 2.23. The van der Waals surface area contributed by atoms with Crippen molar-refractivity contribution < 1.29 is 4.79 Å². The number of aldehydes is 1. The summed E-state index contributed by atoms with van der Waals surface area (Å²) >= 11 is 0. The highest BCUT2D eigenvalue weighted by Crippen LogP contribution is 2.07. The molecule has 1 aromatic heterocycles. The summed E-state index contributed by atoms with van der Waals surface area (Å²) in [4.78, 5) is 18.1. The van der Waals surface area contributed by atoms with Crippen LogP contribution in [0, 0.1) is 13.8 Å². The summed E-state index contributed by atoms with van der Waals surface area (Å²) in [6.45, 7) is 11.5. The van der Waals surface area contributed by atoms with Gasteiger partial charge in [-0.05, 0) is 13.8 Å². The number of hydrogen-bond acceptors (Lipinski definition) is 4. The zero-order chi connectivity index (χ0) is 12.4. The van der Waals surface area contributed by atoms with Crippen LogP contribution in [0.3, 0.4) is 0 Å². The number of nitrogens with two attached hydrogens (primary N) is 1. The number of carbonyl (C=O) groups excluding carboxylic acids is 1. The van der Waals surface area contributed by atoms with Crippen molar-refractivity contribution >= 4 is 12.2 Å². The van der Waals surface area contributed by atoms with Crippen molar-refractivity contribution in [3.05, 3.63) is 17.0 Å². The maximum absolute atomic E-state index is 10.4. The summed E-state index contributed by atoms with van der Waals surface area (Å²) in [5, 5.41) is 0. The number of anilines is 1. The van der Waals surface area contributed by atoms with Gasteiger partial charge in [-0.3, -0.25) is 4.79 Å². The largest absolute Gasteiger partial charge is 0.368 e. The Balaban J connectivity index is 0. The van der Waals surface area contributed by atoms with Gasteiger partial charge in [0, 0.05) is 0 Å². The van der Waals surface area contributed by atoms with E-state index in [1.807, 2.05) is 27.7 Å². The lowest BCUT2D eigenvalue weighted by atomic mass is 10.2. The Kier molecular flexibility index (Phi) is 9.73. The molecule has 0 aliphatic carbocycles. The Hall–Kier alpha value is -1.45. The van der Waals surface area contributed by atoms with Gasteiger partial charge in [-0.1, -0.05) is 27.7 Å². The van der Waals surface area contributed by atoms with Gasteiger partial charge in [0.2, 0.25) is 5.95 Å². The Morgan fingerprint density at radius 3 is 1.60 bits per heavy atom. The molecule has 1 rings (SSSR count). The minimum atomic E-state index is 0.214. The van der Waals surface area contributed by atoms with Crippen molar-refractivity contribution in [2.45, 2.75) is 41.5 Å². The highest BCUT2D eigenvalue weighted by Gasteiger charge is 2.04. The first-order chi connectivity index (χ1) is 7.15. The van der Waals surface area contributed by atoms with E-state index in [0.717, 1.165) is 6.29 Å². The van der Waals surface area contributed by atoms with E-state index in [-0.39, 0.29) is 5.95 Å². The van der Waals surface area contributed by atoms with Gasteiger partial charge in [-0.15, -0.1) is 0 Å². The van der Waals surface area contributed by atoms with Crippen molar-refractivity contribution in [1.29, 1.82) is 0 Å². The van der Waals surface area contributed by atoms with E-state index >= 15 is 0 Å². The van der Waals surface area contributed by atoms with Crippen molar-refractivity contribution in [2.75, 3.05) is 5.73 Å². The Bertz CT molecular complexity index is 275. The number of nitrogen functional groups attached to an aromatic ring is 1. The SMILES string of the molecule is CC.CC.Cc1nc(N)nc(C)c1C=O. The van der Waals surface area contributed by atoms with Gasteiger partial charge < -0.3 is 5.73 Å². The Labute approximate surface area is 91.9 Å². The van der Waals surface area contributed by atoms with Gasteiger partial charge in [-0.25, -0.2) is 9.97 Å². The van der Waals surface area contributed by atoms with E-state index in [2.05, 4.69) is 9.97 Å². The second-order valence-corrected chi connectivity index (χ2v) is 2.28. The number of hydrogen-bond donors (Lipinski definition) is 1. The van der Waals surface area contributed by atoms with E-state index in [1.54, 1.807) is 13.8 Å². The first-order valence-corrected chi connectivity index (χ1v) is 5.21. The zero-order valence-electron chi connectivity index (χ0n) is 10.5. The molecule has 1 aromatic rings. The van der Waals surface area contributed by atoms with Crippen LogP contribution >= 0.6 is 0 Å². The van der Waals surface area contributed by atoms with Crippen LogP contribution < -0.4 is 5.73 Å². The maximum Gasteiger partial charge on any atom is 0.220 e. The third-order valence-corrected chi connectivity index (χ3v) is 1.46. The molecule has 15 heavy (non-hydrogen) atoms. The molecule has 0 spiro atoms. The number of aromatic nitrogens is 2. The molecule has 0 amide bonds. The van der Waals surface area contributed by atoms with Gasteiger partial charge in [0.05, 0.1) is 17.0 Å². The van der Waals surface area contributed by atoms with E-state index in [4.69, 9.17) is 5.73 Å². The lowest BCUT2D eigenvalue weighted by Gasteiger charge is -2.01. The molecule has 1 heterocycles. The predicted octanol–water partition coefficient (Wildman–Crippen LogP) is 2.54. The second kappa shape index (κ2) is 9.12. The minimum Gasteiger partial charge on any atom is -0.368 e. The molecule has 0 saturated heterocycles. The molecule has 0 aliphatic rings. The van der Waals surface area contributed by atoms with Crippen molar-refractivity contribution in [3.8, 4) is 0 Å². The van der Waals surface area contributed by atoms with E-state index in [1.165, 1.54) is 0 Å². The molecule has 0 unspecified atom stereocenters. The first-order valence-electron chi connectivity index (χ1n) is 5.21. The molecule has 0 aliphatic heterocycles. The molecule has 0 bridgehead atoms. The Morgan fingerprint density at radius 1 is 1.00 bits per heavy atom. The fourth-order valence-electron chi connectivity index (χ4n) is 0.921. The van der Waals surface area contributed by atoms with Gasteiger partial charge >= 0.3 is 0 Å². The zero-order valence-corrected chi connectivity index (χ0v) is 10.5. The molecule has 0 fully saturated rings. The quantitative estimate of drug-likeness (QED) is 0.725. The summed E-state index contributed by atoms with van der Waals surface area (Å²) in [5.74, 6) is 0.214. The lowest BCUT2D eigenvalue weighted by Crippen LogP contribution is -2.03. The topological polar surface area (TPSA) is 68.9 Å². The lowest BCUT2D eigenvalue weighted by molar-refractivity contribution is 0.112. The van der Waals surface area contributed by atoms with Gasteiger partial charge in [0.15, 0.2) is 6.29 Å². The van der Waals surface area contributed by atoms with E-state index in [0.29, 0.717) is 17.0 Å². The highest BCUT2D eigenvalue weighted by atomic mass is 16.1. The predicted molar refractivity (Wildman–Crippen MR) is 64.0 cm³/mol. The standard InChI is InChI=1S/C7H9N3O.2C2H6/c1-4-6(3-11)5(2)10-7(8)9-4;2*1-2/h3H,1-2H3,(H2,8,9,10);2*1-2H3. The fourth-order valence-corrected chi connectivity index (χ4v) is 0.921. The number of aryl methyl sites for hydroxylation is 2. The van der Waals surface area contributed by atoms with Crippen LogP contribution in [0.15, 0.2) is 0 Å². The molecule has 0 saturated carbocycles. The summed E-state index contributed by atoms with van der Waals surface area (Å²) < 4.78 is 0. The molecule has 0 atom stereocenters. The molecule has 0 radical (unpaired) electrons. The van der Waals surface area contributed by atoms with Crippen molar-refractivity contribution in [3.63, 3.8) is 0 Å². The molecule has 0 aromatic carbocycles.